The summed E-state index contributed by atoms with van der Waals surface area (Å²) in [5.74, 6) is -0.233. The minimum atomic E-state index is -0.328. The molecule has 0 aliphatic heterocycles. The van der Waals surface area contributed by atoms with E-state index in [-0.39, 0.29) is 17.5 Å². The van der Waals surface area contributed by atoms with Crippen molar-refractivity contribution in [2.24, 2.45) is 0 Å². The highest BCUT2D eigenvalue weighted by Crippen LogP contribution is 2.27. The topological polar surface area (TPSA) is 54.9 Å². The van der Waals surface area contributed by atoms with E-state index in [1.165, 1.54) is 59.1 Å². The monoisotopic (exact) mass is 315 g/mol. The molecule has 4 nitrogen and oxygen atoms in total. The van der Waals surface area contributed by atoms with Gasteiger partial charge in [0.2, 0.25) is 5.91 Å². The largest absolute Gasteiger partial charge is 0.325 e. The zero-order chi connectivity index (χ0) is 13.7. The van der Waals surface area contributed by atoms with E-state index in [9.17, 15) is 9.18 Å². The lowest BCUT2D eigenvalue weighted by atomic mass is 10.3. The first-order valence-electron chi connectivity index (χ1n) is 5.23. The van der Waals surface area contributed by atoms with E-state index in [0.717, 1.165) is 8.68 Å². The van der Waals surface area contributed by atoms with Crippen molar-refractivity contribution in [3.8, 4) is 0 Å². The molecule has 0 radical (unpaired) electrons. The van der Waals surface area contributed by atoms with E-state index in [1.807, 2.05) is 6.26 Å². The maximum absolute atomic E-state index is 12.7. The first-order valence-corrected chi connectivity index (χ1v) is 8.26. The number of anilines is 1. The number of nitrogens with one attached hydrogen (secondary N) is 1. The lowest BCUT2D eigenvalue weighted by Gasteiger charge is -2.03. The van der Waals surface area contributed by atoms with Gasteiger partial charge < -0.3 is 5.32 Å². The molecule has 100 valence electrons. The number of carbonyl (C=O) groups is 1. The summed E-state index contributed by atoms with van der Waals surface area (Å²) in [6.07, 6.45) is 1.93. The molecule has 1 aromatic carbocycles. The number of amides is 1. The smallest absolute Gasteiger partial charge is 0.234 e. The molecule has 2 rings (SSSR count). The van der Waals surface area contributed by atoms with Crippen LogP contribution < -0.4 is 5.32 Å². The van der Waals surface area contributed by atoms with Gasteiger partial charge in [-0.3, -0.25) is 4.79 Å². The zero-order valence-electron chi connectivity index (χ0n) is 9.92. The van der Waals surface area contributed by atoms with Crippen LogP contribution in [0.3, 0.4) is 0 Å². The van der Waals surface area contributed by atoms with Crippen molar-refractivity contribution in [3.05, 3.63) is 30.1 Å². The predicted molar refractivity (Wildman–Crippen MR) is 77.4 cm³/mol. The summed E-state index contributed by atoms with van der Waals surface area (Å²) in [6, 6.07) is 5.65. The first-order chi connectivity index (χ1) is 9.17. The van der Waals surface area contributed by atoms with Crippen LogP contribution in [0.15, 0.2) is 32.9 Å². The van der Waals surface area contributed by atoms with Crippen molar-refractivity contribution in [2.45, 2.75) is 8.68 Å². The Balaban J connectivity index is 1.82. The number of hydrogen-bond acceptors (Lipinski definition) is 6. The molecule has 0 spiro atoms. The number of nitrogens with zero attached hydrogens (tertiary/aromatic N) is 2. The Bertz CT molecular complexity index is 559. The second-order valence-electron chi connectivity index (χ2n) is 3.38. The average Bonchev–Trinajstić information content (AvgIpc) is 2.87. The molecule has 8 heteroatoms. The van der Waals surface area contributed by atoms with Gasteiger partial charge in [-0.1, -0.05) is 34.9 Å². The van der Waals surface area contributed by atoms with Crippen molar-refractivity contribution >= 4 is 46.5 Å². The van der Waals surface area contributed by atoms with Crippen LogP contribution in [0.4, 0.5) is 10.1 Å². The normalized spacial score (nSPS) is 10.4. The number of thioether (sulfide) groups is 2. The van der Waals surface area contributed by atoms with Crippen molar-refractivity contribution in [3.63, 3.8) is 0 Å². The van der Waals surface area contributed by atoms with Gasteiger partial charge >= 0.3 is 0 Å². The fourth-order valence-electron chi connectivity index (χ4n) is 1.20. The fourth-order valence-corrected chi connectivity index (χ4v) is 3.43. The second kappa shape index (κ2) is 6.88. The van der Waals surface area contributed by atoms with Crippen LogP contribution in [-0.4, -0.2) is 28.1 Å². The lowest BCUT2D eigenvalue weighted by molar-refractivity contribution is -0.113. The summed E-state index contributed by atoms with van der Waals surface area (Å²) < 4.78 is 14.3. The van der Waals surface area contributed by atoms with E-state index < -0.39 is 0 Å². The molecule has 1 amide bonds. The van der Waals surface area contributed by atoms with E-state index in [4.69, 9.17) is 0 Å². The molecular weight excluding hydrogens is 305 g/mol. The Kier molecular flexibility index (Phi) is 5.17. The van der Waals surface area contributed by atoms with Crippen LogP contribution in [0.2, 0.25) is 0 Å². The highest BCUT2D eigenvalue weighted by atomic mass is 32.2. The molecule has 2 aromatic rings. The van der Waals surface area contributed by atoms with Crippen LogP contribution in [-0.2, 0) is 4.79 Å². The molecule has 0 saturated carbocycles. The van der Waals surface area contributed by atoms with Gasteiger partial charge in [0.25, 0.3) is 0 Å². The van der Waals surface area contributed by atoms with Gasteiger partial charge in [0.05, 0.1) is 5.75 Å². The molecule has 0 unspecified atom stereocenters. The van der Waals surface area contributed by atoms with Crippen molar-refractivity contribution in [2.75, 3.05) is 17.3 Å². The van der Waals surface area contributed by atoms with E-state index in [1.54, 1.807) is 0 Å². The molecule has 0 aliphatic carbocycles. The van der Waals surface area contributed by atoms with E-state index in [0.29, 0.717) is 5.69 Å². The van der Waals surface area contributed by atoms with Crippen LogP contribution in [0.5, 0.6) is 0 Å². The van der Waals surface area contributed by atoms with Gasteiger partial charge in [-0.25, -0.2) is 4.39 Å². The van der Waals surface area contributed by atoms with E-state index >= 15 is 0 Å². The van der Waals surface area contributed by atoms with Crippen molar-refractivity contribution < 1.29 is 9.18 Å². The van der Waals surface area contributed by atoms with Gasteiger partial charge in [0.15, 0.2) is 8.68 Å². The van der Waals surface area contributed by atoms with Crippen LogP contribution >= 0.6 is 34.9 Å². The summed E-state index contributed by atoms with van der Waals surface area (Å²) in [7, 11) is 0. The Labute approximate surface area is 122 Å². The summed E-state index contributed by atoms with van der Waals surface area (Å²) in [5.41, 5.74) is 0.578. The summed E-state index contributed by atoms with van der Waals surface area (Å²) >= 11 is 4.31. The maximum Gasteiger partial charge on any atom is 0.234 e. The highest BCUT2D eigenvalue weighted by Gasteiger charge is 2.08. The second-order valence-corrected chi connectivity index (χ2v) is 6.64. The minimum absolute atomic E-state index is 0.155. The van der Waals surface area contributed by atoms with Crippen molar-refractivity contribution in [1.29, 1.82) is 0 Å². The van der Waals surface area contributed by atoms with Crippen LogP contribution in [0, 0.1) is 5.82 Å². The number of hydrogen-bond donors (Lipinski definition) is 1. The maximum atomic E-state index is 12.7. The van der Waals surface area contributed by atoms with E-state index in [2.05, 4.69) is 15.5 Å². The predicted octanol–water partition coefficient (Wildman–Crippen LogP) is 3.13. The minimum Gasteiger partial charge on any atom is -0.325 e. The summed E-state index contributed by atoms with van der Waals surface area (Å²) in [4.78, 5) is 11.7. The standard InChI is InChI=1S/C11H10FN3OS3/c1-17-10-14-15-11(19-10)18-6-9(16)13-8-4-2-7(12)3-5-8/h2-5H,6H2,1H3,(H,13,16). The number of halogens is 1. The molecule has 1 N–H and O–H groups in total. The zero-order valence-corrected chi connectivity index (χ0v) is 12.4. The quantitative estimate of drug-likeness (QED) is 0.859. The lowest BCUT2D eigenvalue weighted by Crippen LogP contribution is -2.13. The average molecular weight is 315 g/mol. The van der Waals surface area contributed by atoms with Crippen LogP contribution in [0.1, 0.15) is 0 Å². The molecule has 0 aliphatic rings. The summed E-state index contributed by atoms with van der Waals surface area (Å²) in [5, 5.41) is 10.6. The molecule has 0 bridgehead atoms. The van der Waals surface area contributed by atoms with Gasteiger partial charge in [-0.15, -0.1) is 10.2 Å². The molecular formula is C11H10FN3OS3. The molecule has 1 heterocycles. The molecule has 0 atom stereocenters. The summed E-state index contributed by atoms with van der Waals surface area (Å²) in [6.45, 7) is 0. The number of benzene rings is 1. The van der Waals surface area contributed by atoms with Gasteiger partial charge in [0.1, 0.15) is 5.82 Å². The third-order valence-corrected chi connectivity index (χ3v) is 5.05. The third kappa shape index (κ3) is 4.48. The Morgan fingerprint density at radius 2 is 2.00 bits per heavy atom. The molecule has 19 heavy (non-hydrogen) atoms. The molecule has 1 aromatic heterocycles. The third-order valence-electron chi connectivity index (χ3n) is 2.02. The van der Waals surface area contributed by atoms with Gasteiger partial charge in [-0.2, -0.15) is 0 Å². The molecule has 0 fully saturated rings. The molecule has 0 saturated heterocycles. The van der Waals surface area contributed by atoms with Gasteiger partial charge in [-0.05, 0) is 30.5 Å². The fraction of sp³-hybridized carbons (Fsp3) is 0.182. The van der Waals surface area contributed by atoms with Gasteiger partial charge in [0, 0.05) is 5.69 Å². The Hall–Kier alpha value is -1.12. The Morgan fingerprint density at radius 1 is 1.32 bits per heavy atom. The highest BCUT2D eigenvalue weighted by molar-refractivity contribution is 8.03. The number of rotatable bonds is 5. The van der Waals surface area contributed by atoms with Crippen molar-refractivity contribution in [1.82, 2.24) is 10.2 Å². The number of aromatic nitrogens is 2. The first kappa shape index (κ1) is 14.3. The van der Waals surface area contributed by atoms with Crippen LogP contribution in [0.25, 0.3) is 0 Å². The Morgan fingerprint density at radius 3 is 2.63 bits per heavy atom. The number of carbonyl (C=O) groups excluding carboxylic acids is 1. The SMILES string of the molecule is CSc1nnc(SCC(=O)Nc2ccc(F)cc2)s1.